The summed E-state index contributed by atoms with van der Waals surface area (Å²) in [6.45, 7) is 38.5. The van der Waals surface area contributed by atoms with E-state index in [1.165, 1.54) is 66.8 Å². The fraction of sp³-hybridized carbons (Fsp3) is 0.462. The molecular weight excluding hydrogens is 847 g/mol. The number of halogens is 2. The van der Waals surface area contributed by atoms with Gasteiger partial charge in [0.05, 0.1) is 0 Å². The predicted molar refractivity (Wildman–Crippen MR) is 240 cm³/mol. The maximum absolute atomic E-state index is 6.36. The Morgan fingerprint density at radius 2 is 0.776 bits per heavy atom. The average Bonchev–Trinajstić information content (AvgIpc) is 3.58. The minimum atomic E-state index is -2.40. The Bertz CT molecular complexity index is 2130. The van der Waals surface area contributed by atoms with Crippen LogP contribution in [0.4, 0.5) is 0 Å². The van der Waals surface area contributed by atoms with E-state index in [-0.39, 0.29) is 46.5 Å². The van der Waals surface area contributed by atoms with Gasteiger partial charge in [-0.1, -0.05) is 0 Å². The van der Waals surface area contributed by atoms with Crippen LogP contribution < -0.4 is 34.3 Å². The number of hydrogen-bond acceptors (Lipinski definition) is 2. The number of methoxy groups -OCH3 is 2. The molecule has 2 aliphatic carbocycles. The molecule has 3 aliphatic rings. The molecule has 0 N–H and O–H groups in total. The summed E-state index contributed by atoms with van der Waals surface area (Å²) in [5.41, 5.74) is 20.3. The number of benzene rings is 4. The van der Waals surface area contributed by atoms with Crippen molar-refractivity contribution >= 4 is 18.5 Å². The molecule has 2 nitrogen and oxygen atoms in total. The molecule has 2 unspecified atom stereocenters. The van der Waals surface area contributed by atoms with Crippen LogP contribution in [-0.4, -0.2) is 22.3 Å². The predicted octanol–water partition coefficient (Wildman–Crippen LogP) is 8.48. The summed E-state index contributed by atoms with van der Waals surface area (Å²) in [7, 11) is 1.36. The molecule has 6 heteroatoms. The zero-order valence-electron chi connectivity index (χ0n) is 38.5. The summed E-state index contributed by atoms with van der Waals surface area (Å²) in [5.74, 6) is 2.12. The van der Waals surface area contributed by atoms with E-state index in [1.54, 1.807) is 21.5 Å². The van der Waals surface area contributed by atoms with E-state index in [0.717, 1.165) is 11.5 Å². The summed E-state index contributed by atoms with van der Waals surface area (Å²) < 4.78 is 13.6. The van der Waals surface area contributed by atoms with Gasteiger partial charge in [-0.3, -0.25) is 0 Å². The van der Waals surface area contributed by atoms with Crippen LogP contribution in [-0.2, 0) is 44.9 Å². The van der Waals surface area contributed by atoms with E-state index in [2.05, 4.69) is 171 Å². The fourth-order valence-corrected chi connectivity index (χ4v) is 19.9. The Kier molecular flexibility index (Phi) is 12.5. The van der Waals surface area contributed by atoms with Crippen LogP contribution in [0.1, 0.15) is 149 Å². The first kappa shape index (κ1) is 46.7. The van der Waals surface area contributed by atoms with E-state index in [0.29, 0.717) is 7.25 Å². The monoisotopic (exact) mass is 910 g/mol. The molecule has 4 bridgehead atoms. The second kappa shape index (κ2) is 15.5. The minimum Gasteiger partial charge on any atom is -1.00 e. The van der Waals surface area contributed by atoms with Crippen molar-refractivity contribution in [2.45, 2.75) is 139 Å². The van der Waals surface area contributed by atoms with E-state index in [9.17, 15) is 0 Å². The van der Waals surface area contributed by atoms with Gasteiger partial charge < -0.3 is 24.8 Å². The van der Waals surface area contributed by atoms with Crippen molar-refractivity contribution in [3.05, 3.63) is 116 Å². The first-order valence-corrected chi connectivity index (χ1v) is 26.6. The summed E-state index contributed by atoms with van der Waals surface area (Å²) in [6, 6.07) is 24.2. The molecule has 7 rings (SSSR count). The number of fused-ring (bicyclic) bond motifs is 8. The maximum atomic E-state index is 6.36. The second-order valence-corrected chi connectivity index (χ2v) is 29.5. The largest absolute Gasteiger partial charge is 1.00 e. The van der Waals surface area contributed by atoms with Gasteiger partial charge >= 0.3 is 354 Å². The van der Waals surface area contributed by atoms with E-state index >= 15 is 0 Å². The molecule has 0 saturated carbocycles. The van der Waals surface area contributed by atoms with Gasteiger partial charge in [-0.05, 0) is 0 Å². The van der Waals surface area contributed by atoms with Gasteiger partial charge in [-0.2, -0.15) is 0 Å². The molecule has 1 aliphatic heterocycles. The smallest absolute Gasteiger partial charge is 1.00 e. The fourth-order valence-electron chi connectivity index (χ4n) is 9.88. The average molecular weight is 913 g/mol. The van der Waals surface area contributed by atoms with Crippen LogP contribution in [0.3, 0.4) is 0 Å². The van der Waals surface area contributed by atoms with Gasteiger partial charge in [-0.25, -0.2) is 0 Å². The maximum Gasteiger partial charge on any atom is -1.00 e. The molecular formula is C52H66Cl2O2SiZr. The van der Waals surface area contributed by atoms with Crippen LogP contribution >= 0.6 is 0 Å². The molecule has 1 heterocycles. The summed E-state index contributed by atoms with van der Waals surface area (Å²) in [5, 5.41) is 3.28. The standard InChI is InChI=1S/C52H66O2Si.2ClH.Zr/c1-31-23-41-43(53-15)21-19-39(33-25-35(49(3,4)5)29-36(26-33)50(6,7)8)45(41)47(31)55(17,18)48-32(2)24-42-44(54-16)22-20-40(46(42)48)34-27-37(51(9,10)11)30-38(28-34)52(12,13)14;;;/h19-30H,1-18H3;2*1H;/q;;;+2/p-2. The van der Waals surface area contributed by atoms with E-state index in [4.69, 9.17) is 9.47 Å². The molecule has 0 aromatic heterocycles. The Hall–Kier alpha value is -2.36. The summed E-state index contributed by atoms with van der Waals surface area (Å²) in [4.78, 5) is 0. The molecule has 0 spiro atoms. The van der Waals surface area contributed by atoms with Crippen molar-refractivity contribution in [2.24, 2.45) is 0 Å². The van der Waals surface area contributed by atoms with Gasteiger partial charge in [0, 0.05) is 0 Å². The quantitative estimate of drug-likeness (QED) is 0.192. The van der Waals surface area contributed by atoms with Crippen LogP contribution in [0, 0.1) is 0 Å². The first-order chi connectivity index (χ1) is 25.8. The van der Waals surface area contributed by atoms with Crippen molar-refractivity contribution in [2.75, 3.05) is 14.2 Å². The Morgan fingerprint density at radius 1 is 0.483 bits per heavy atom. The van der Waals surface area contributed by atoms with Crippen LogP contribution in [0.2, 0.25) is 13.1 Å². The zero-order chi connectivity index (χ0) is 41.2. The van der Waals surface area contributed by atoms with Crippen LogP contribution in [0.5, 0.6) is 11.5 Å². The topological polar surface area (TPSA) is 18.5 Å². The molecule has 0 saturated heterocycles. The third-order valence-corrected chi connectivity index (χ3v) is 22.1. The summed E-state index contributed by atoms with van der Waals surface area (Å²) >= 11 is -1.23. The van der Waals surface area contributed by atoms with Gasteiger partial charge in [-0.15, -0.1) is 0 Å². The SMILES string of the molecule is COc1ccc(-c2cc(C(C)(C)C)cc(C(C)(C)C)c2)c2c1[CH]1[Zr+2][CH]3C(C)=C(c4c(-c5cc(C(C)(C)C)cc(C(C)(C)C)c5)ccc(OC)c43)[Si](C)(C)C2=C1C.[Cl-].[Cl-]. The number of ether oxygens (including phenoxy) is 2. The van der Waals surface area contributed by atoms with Crippen LogP contribution in [0.15, 0.2) is 71.8 Å². The van der Waals surface area contributed by atoms with Gasteiger partial charge in [0.2, 0.25) is 0 Å². The summed E-state index contributed by atoms with van der Waals surface area (Å²) in [6.07, 6.45) is 0. The molecule has 0 radical (unpaired) electrons. The third kappa shape index (κ3) is 7.62. The third-order valence-electron chi connectivity index (χ3n) is 13.1. The molecule has 4 aromatic rings. The van der Waals surface area contributed by atoms with Crippen molar-refractivity contribution in [3.8, 4) is 33.8 Å². The van der Waals surface area contributed by atoms with Crippen LogP contribution in [0.25, 0.3) is 32.6 Å². The first-order valence-electron chi connectivity index (χ1n) is 20.7. The van der Waals surface area contributed by atoms with Crippen molar-refractivity contribution < 1.29 is 57.5 Å². The molecule has 2 atom stereocenters. The molecule has 308 valence electrons. The molecule has 4 aromatic carbocycles. The van der Waals surface area contributed by atoms with Gasteiger partial charge in [0.1, 0.15) is 0 Å². The zero-order valence-corrected chi connectivity index (χ0v) is 43.5. The normalized spacial score (nSPS) is 18.2. The van der Waals surface area contributed by atoms with Gasteiger partial charge in [0.15, 0.2) is 0 Å². The number of rotatable bonds is 4. The van der Waals surface area contributed by atoms with E-state index < -0.39 is 31.3 Å². The molecule has 0 fully saturated rings. The van der Waals surface area contributed by atoms with Crippen molar-refractivity contribution in [3.63, 3.8) is 0 Å². The Morgan fingerprint density at radius 3 is 1.03 bits per heavy atom. The number of allylic oxidation sites excluding steroid dienone is 2. The molecule has 0 amide bonds. The number of hydrogen-bond donors (Lipinski definition) is 0. The van der Waals surface area contributed by atoms with Crippen molar-refractivity contribution in [1.29, 1.82) is 0 Å². The molecule has 58 heavy (non-hydrogen) atoms. The minimum absolute atomic E-state index is 0. The second-order valence-electron chi connectivity index (χ2n) is 21.6. The van der Waals surface area contributed by atoms with Gasteiger partial charge in [0.25, 0.3) is 0 Å². The Balaban J connectivity index is 0.00000320. The Labute approximate surface area is 376 Å². The van der Waals surface area contributed by atoms with Crippen molar-refractivity contribution in [1.82, 2.24) is 0 Å². The van der Waals surface area contributed by atoms with E-state index in [1.807, 2.05) is 14.2 Å².